The fourth-order valence-electron chi connectivity index (χ4n) is 5.90. The third kappa shape index (κ3) is 5.48. The first-order valence-corrected chi connectivity index (χ1v) is 14.9. The van der Waals surface area contributed by atoms with Crippen LogP contribution in [0.15, 0.2) is 162 Å². The quantitative estimate of drug-likeness (QED) is 0.202. The van der Waals surface area contributed by atoms with Crippen molar-refractivity contribution in [1.29, 1.82) is 0 Å². The van der Waals surface area contributed by atoms with Crippen LogP contribution < -0.4 is 0 Å². The zero-order valence-corrected chi connectivity index (χ0v) is 24.2. The summed E-state index contributed by atoms with van der Waals surface area (Å²) in [6, 6.07) is 45.2. The molecule has 0 aliphatic carbocycles. The van der Waals surface area contributed by atoms with Gasteiger partial charge in [-0.1, -0.05) is 134 Å². The second-order valence-electron chi connectivity index (χ2n) is 10.9. The van der Waals surface area contributed by atoms with Crippen LogP contribution in [-0.2, 0) is 0 Å². The normalized spacial score (nSPS) is 14.6. The number of benzene rings is 5. The Balaban J connectivity index is 1.30. The maximum absolute atomic E-state index is 5.07. The number of hydrogen-bond acceptors (Lipinski definition) is 2. The predicted octanol–water partition coefficient (Wildman–Crippen LogP) is 10.4. The average Bonchev–Trinajstić information content (AvgIpc) is 3.09. The number of para-hydroxylation sites is 1. The average molecular weight is 553 g/mol. The summed E-state index contributed by atoms with van der Waals surface area (Å²) in [5.74, 6) is 0. The molecule has 1 aromatic heterocycles. The molecule has 0 saturated heterocycles. The van der Waals surface area contributed by atoms with Crippen molar-refractivity contribution < 1.29 is 0 Å². The van der Waals surface area contributed by atoms with Gasteiger partial charge in [0.05, 0.1) is 17.8 Å². The zero-order chi connectivity index (χ0) is 29.0. The SMILES string of the molecule is CC/C(=C\C=C1/CN=C(c2ccc3ccccc3c2)C=C1c1ccc(-c2cccc3cccnc23)cc1)c1ccccc1. The summed E-state index contributed by atoms with van der Waals surface area (Å²) in [6.45, 7) is 2.84. The van der Waals surface area contributed by atoms with Crippen LogP contribution in [0.3, 0.4) is 0 Å². The van der Waals surface area contributed by atoms with Gasteiger partial charge in [0, 0.05) is 22.7 Å². The molecule has 2 heterocycles. The van der Waals surface area contributed by atoms with Crippen molar-refractivity contribution >= 4 is 38.5 Å². The van der Waals surface area contributed by atoms with Crippen LogP contribution in [-0.4, -0.2) is 17.2 Å². The second-order valence-corrected chi connectivity index (χ2v) is 10.9. The molecule has 2 heteroatoms. The van der Waals surface area contributed by atoms with E-state index in [1.165, 1.54) is 38.6 Å². The Bertz CT molecular complexity index is 2050. The number of aliphatic imine (C=N–C) groups is 1. The highest BCUT2D eigenvalue weighted by atomic mass is 14.7. The maximum Gasteiger partial charge on any atom is 0.0780 e. The molecule has 6 aromatic rings. The third-order valence-corrected chi connectivity index (χ3v) is 8.24. The smallest absolute Gasteiger partial charge is 0.0780 e. The van der Waals surface area contributed by atoms with Gasteiger partial charge in [-0.2, -0.15) is 0 Å². The van der Waals surface area contributed by atoms with Crippen molar-refractivity contribution in [2.75, 3.05) is 6.54 Å². The van der Waals surface area contributed by atoms with E-state index in [4.69, 9.17) is 4.99 Å². The molecule has 0 amide bonds. The monoisotopic (exact) mass is 552 g/mol. The molecule has 0 unspecified atom stereocenters. The standard InChI is InChI=1S/C41H32N2/c1-2-29(30-10-4-3-5-11-30)17-24-37-28-43-40(36-23-18-31-12-6-7-13-35(31)26-36)27-39(37)33-21-19-32(20-22-33)38-16-8-14-34-15-9-25-42-41(34)38/h3-27H,2,28H2,1H3/b29-17+,37-24+. The van der Waals surface area contributed by atoms with Crippen molar-refractivity contribution in [1.82, 2.24) is 4.98 Å². The Morgan fingerprint density at radius 3 is 2.23 bits per heavy atom. The van der Waals surface area contributed by atoms with Gasteiger partial charge in [0.1, 0.15) is 0 Å². The van der Waals surface area contributed by atoms with Crippen LogP contribution >= 0.6 is 0 Å². The first kappa shape index (κ1) is 26.6. The van der Waals surface area contributed by atoms with Crippen molar-refractivity contribution in [2.24, 2.45) is 4.99 Å². The molecule has 0 fully saturated rings. The predicted molar refractivity (Wildman–Crippen MR) is 183 cm³/mol. The lowest BCUT2D eigenvalue weighted by Crippen LogP contribution is -2.09. The van der Waals surface area contributed by atoms with E-state index < -0.39 is 0 Å². The zero-order valence-electron chi connectivity index (χ0n) is 24.2. The van der Waals surface area contributed by atoms with Gasteiger partial charge in [0.2, 0.25) is 0 Å². The van der Waals surface area contributed by atoms with Crippen molar-refractivity contribution in [3.05, 3.63) is 174 Å². The lowest BCUT2D eigenvalue weighted by Gasteiger charge is -2.18. The van der Waals surface area contributed by atoms with E-state index in [0.717, 1.165) is 39.7 Å². The molecule has 2 nitrogen and oxygen atoms in total. The number of pyridine rings is 1. The summed E-state index contributed by atoms with van der Waals surface area (Å²) in [6.07, 6.45) is 9.62. The number of allylic oxidation sites excluding steroid dienone is 4. The lowest BCUT2D eigenvalue weighted by atomic mass is 9.90. The highest BCUT2D eigenvalue weighted by Gasteiger charge is 2.16. The molecule has 0 N–H and O–H groups in total. The Morgan fingerprint density at radius 1 is 0.674 bits per heavy atom. The summed E-state index contributed by atoms with van der Waals surface area (Å²) in [5.41, 5.74) is 11.7. The lowest BCUT2D eigenvalue weighted by molar-refractivity contribution is 1.17. The van der Waals surface area contributed by atoms with E-state index in [9.17, 15) is 0 Å². The highest BCUT2D eigenvalue weighted by molar-refractivity contribution is 6.16. The molecule has 206 valence electrons. The molecule has 43 heavy (non-hydrogen) atoms. The molecule has 1 aliphatic heterocycles. The Labute approximate surface area is 253 Å². The van der Waals surface area contributed by atoms with Crippen molar-refractivity contribution in [3.63, 3.8) is 0 Å². The Hall–Kier alpha value is -5.34. The molecule has 0 saturated carbocycles. The molecular formula is C41H32N2. The summed E-state index contributed by atoms with van der Waals surface area (Å²) in [7, 11) is 0. The molecule has 5 aromatic carbocycles. The number of fused-ring (bicyclic) bond motifs is 2. The third-order valence-electron chi connectivity index (χ3n) is 8.24. The van der Waals surface area contributed by atoms with E-state index >= 15 is 0 Å². The first-order chi connectivity index (χ1) is 21.3. The van der Waals surface area contributed by atoms with Crippen molar-refractivity contribution in [3.8, 4) is 11.1 Å². The minimum absolute atomic E-state index is 0.630. The molecular weight excluding hydrogens is 520 g/mol. The summed E-state index contributed by atoms with van der Waals surface area (Å²) in [5, 5.41) is 3.62. The Kier molecular flexibility index (Phi) is 7.33. The summed E-state index contributed by atoms with van der Waals surface area (Å²) in [4.78, 5) is 9.75. The largest absolute Gasteiger partial charge is 0.280 e. The van der Waals surface area contributed by atoms with Crippen molar-refractivity contribution in [2.45, 2.75) is 13.3 Å². The number of dihydropyridines is 1. The molecule has 7 rings (SSSR count). The fraction of sp³-hybridized carbons (Fsp3) is 0.0732. The summed E-state index contributed by atoms with van der Waals surface area (Å²) < 4.78 is 0. The van der Waals surface area contributed by atoms with E-state index in [0.29, 0.717) is 6.54 Å². The van der Waals surface area contributed by atoms with Gasteiger partial charge in [0.15, 0.2) is 0 Å². The molecule has 0 spiro atoms. The topological polar surface area (TPSA) is 25.2 Å². The molecule has 0 atom stereocenters. The molecule has 0 bridgehead atoms. The van der Waals surface area contributed by atoms with E-state index in [2.05, 4.69) is 151 Å². The van der Waals surface area contributed by atoms with Gasteiger partial charge < -0.3 is 0 Å². The molecule has 0 radical (unpaired) electrons. The minimum Gasteiger partial charge on any atom is -0.280 e. The number of hydrogen-bond donors (Lipinski definition) is 0. The molecule has 1 aliphatic rings. The Morgan fingerprint density at radius 2 is 1.40 bits per heavy atom. The first-order valence-electron chi connectivity index (χ1n) is 14.9. The van der Waals surface area contributed by atoms with Gasteiger partial charge in [-0.3, -0.25) is 9.98 Å². The van der Waals surface area contributed by atoms with Gasteiger partial charge in [-0.05, 0) is 68.8 Å². The number of nitrogens with zero attached hydrogens (tertiary/aromatic N) is 2. The fourth-order valence-corrected chi connectivity index (χ4v) is 5.90. The maximum atomic E-state index is 5.07. The van der Waals surface area contributed by atoms with Gasteiger partial charge in [-0.15, -0.1) is 0 Å². The highest BCUT2D eigenvalue weighted by Crippen LogP contribution is 2.33. The minimum atomic E-state index is 0.630. The van der Waals surface area contributed by atoms with Crippen LogP contribution in [0.25, 0.3) is 43.9 Å². The second kappa shape index (κ2) is 11.9. The number of rotatable bonds is 6. The number of aromatic nitrogens is 1. The summed E-state index contributed by atoms with van der Waals surface area (Å²) >= 11 is 0. The van der Waals surface area contributed by atoms with Gasteiger partial charge in [0.25, 0.3) is 0 Å². The van der Waals surface area contributed by atoms with Gasteiger partial charge in [-0.25, -0.2) is 0 Å². The van der Waals surface area contributed by atoms with Crippen LogP contribution in [0.5, 0.6) is 0 Å². The van der Waals surface area contributed by atoms with Crippen LogP contribution in [0, 0.1) is 0 Å². The van der Waals surface area contributed by atoms with E-state index in [1.807, 2.05) is 12.3 Å². The van der Waals surface area contributed by atoms with Crippen LogP contribution in [0.4, 0.5) is 0 Å². The van der Waals surface area contributed by atoms with Crippen LogP contribution in [0.1, 0.15) is 30.0 Å². The van der Waals surface area contributed by atoms with Gasteiger partial charge >= 0.3 is 0 Å². The van der Waals surface area contributed by atoms with Crippen LogP contribution in [0.2, 0.25) is 0 Å². The van der Waals surface area contributed by atoms with E-state index in [1.54, 1.807) is 0 Å². The van der Waals surface area contributed by atoms with E-state index in [-0.39, 0.29) is 0 Å².